The summed E-state index contributed by atoms with van der Waals surface area (Å²) < 4.78 is 0. The van der Waals surface area contributed by atoms with Gasteiger partial charge in [0.2, 0.25) is 0 Å². The highest BCUT2D eigenvalue weighted by Gasteiger charge is 2.44. The van der Waals surface area contributed by atoms with Crippen LogP contribution in [0.15, 0.2) is 120 Å². The molecule has 0 saturated carbocycles. The van der Waals surface area contributed by atoms with Crippen molar-refractivity contribution in [2.24, 2.45) is 0 Å². The lowest BCUT2D eigenvalue weighted by atomic mass is 9.85. The Labute approximate surface area is 209 Å². The third-order valence-corrected chi connectivity index (χ3v) is 12.8. The first kappa shape index (κ1) is 23.2. The van der Waals surface area contributed by atoms with Gasteiger partial charge < -0.3 is 0 Å². The normalized spacial score (nSPS) is 15.2. The summed E-state index contributed by atoms with van der Waals surface area (Å²) in [5.41, 5.74) is 4.45. The fourth-order valence-electron chi connectivity index (χ4n) is 4.97. The number of hydrogen-bond donors (Lipinski definition) is 0. The average molecular weight is 480 g/mol. The van der Waals surface area contributed by atoms with Crippen LogP contribution >= 0.6 is 19.0 Å². The van der Waals surface area contributed by atoms with E-state index in [0.717, 1.165) is 6.16 Å². The lowest BCUT2D eigenvalue weighted by Crippen LogP contribution is -2.33. The van der Waals surface area contributed by atoms with Crippen molar-refractivity contribution in [1.29, 1.82) is 0 Å². The topological polar surface area (TPSA) is 0 Å². The Kier molecular flexibility index (Phi) is 6.52. The molecular weight excluding hydrogens is 447 g/mol. The zero-order valence-corrected chi connectivity index (χ0v) is 22.0. The third-order valence-electron chi connectivity index (χ3n) is 7.01. The van der Waals surface area contributed by atoms with Crippen LogP contribution in [0.1, 0.15) is 31.9 Å². The fraction of sp³-hybridized carbons (Fsp3) is 0.188. The summed E-state index contributed by atoms with van der Waals surface area (Å²) in [6, 6.07) is 40.5. The molecule has 0 aliphatic carbocycles. The van der Waals surface area contributed by atoms with Gasteiger partial charge in [-0.05, 0) is 78.2 Å². The van der Waals surface area contributed by atoms with Crippen molar-refractivity contribution in [3.63, 3.8) is 0 Å². The molecule has 170 valence electrons. The van der Waals surface area contributed by atoms with E-state index in [1.807, 2.05) is 11.8 Å². The van der Waals surface area contributed by atoms with Crippen molar-refractivity contribution in [3.8, 4) is 0 Å². The molecule has 0 aromatic heterocycles. The minimum atomic E-state index is -1.85. The van der Waals surface area contributed by atoms with E-state index in [-0.39, 0.29) is 5.41 Å². The SMILES string of the molecule is C/C(=C\C[P+](c1ccccc1)(c1ccccc1)c1ccccc1)c1ccc2c(c1)C(C)(C)CS2. The smallest absolute Gasteiger partial charge is 0.115 e. The zero-order valence-electron chi connectivity index (χ0n) is 20.2. The molecule has 1 heterocycles. The second-order valence-corrected chi connectivity index (χ2v) is 14.3. The zero-order chi connectivity index (χ0) is 23.6. The quantitative estimate of drug-likeness (QED) is 0.259. The summed E-state index contributed by atoms with van der Waals surface area (Å²) in [5, 5.41) is 4.30. The number of thioether (sulfide) groups is 1. The molecule has 5 rings (SSSR count). The van der Waals surface area contributed by atoms with E-state index in [1.54, 1.807) is 0 Å². The molecule has 4 aromatic carbocycles. The molecule has 0 N–H and O–H groups in total. The number of hydrogen-bond acceptors (Lipinski definition) is 1. The highest BCUT2D eigenvalue weighted by Crippen LogP contribution is 2.55. The average Bonchev–Trinajstić information content (AvgIpc) is 3.20. The van der Waals surface area contributed by atoms with Crippen LogP contribution in [0.4, 0.5) is 0 Å². The van der Waals surface area contributed by atoms with Crippen LogP contribution in [0.25, 0.3) is 5.57 Å². The Hall–Kier alpha value is -2.60. The van der Waals surface area contributed by atoms with Gasteiger partial charge in [-0.3, -0.25) is 0 Å². The van der Waals surface area contributed by atoms with Crippen molar-refractivity contribution in [3.05, 3.63) is 126 Å². The molecule has 0 fully saturated rings. The Balaban J connectivity index is 1.63. The van der Waals surface area contributed by atoms with Gasteiger partial charge in [0, 0.05) is 16.1 Å². The molecule has 2 heteroatoms. The number of rotatable bonds is 6. The Bertz CT molecular complexity index is 1190. The largest absolute Gasteiger partial charge is 0.125 e. The second-order valence-electron chi connectivity index (χ2n) is 9.77. The number of allylic oxidation sites excluding steroid dienone is 2. The minimum Gasteiger partial charge on any atom is -0.125 e. The van der Waals surface area contributed by atoms with E-state index < -0.39 is 7.26 Å². The summed E-state index contributed by atoms with van der Waals surface area (Å²) in [5.74, 6) is 1.17. The van der Waals surface area contributed by atoms with Crippen LogP contribution in [0.2, 0.25) is 0 Å². The lowest BCUT2D eigenvalue weighted by molar-refractivity contribution is 0.604. The first-order valence-electron chi connectivity index (χ1n) is 12.0. The minimum absolute atomic E-state index is 0.241. The van der Waals surface area contributed by atoms with E-state index >= 15 is 0 Å². The van der Waals surface area contributed by atoms with Crippen LogP contribution in [-0.2, 0) is 5.41 Å². The maximum atomic E-state index is 2.50. The fourth-order valence-corrected chi connectivity index (χ4v) is 10.4. The summed E-state index contributed by atoms with van der Waals surface area (Å²) in [6.45, 7) is 7.02. The van der Waals surface area contributed by atoms with Gasteiger partial charge >= 0.3 is 0 Å². The molecule has 0 saturated heterocycles. The first-order valence-corrected chi connectivity index (χ1v) is 15.0. The summed E-state index contributed by atoms with van der Waals surface area (Å²) in [7, 11) is -1.85. The third kappa shape index (κ3) is 4.28. The van der Waals surface area contributed by atoms with Crippen molar-refractivity contribution in [2.75, 3.05) is 11.9 Å². The Morgan fingerprint density at radius 3 is 1.76 bits per heavy atom. The molecule has 0 unspecified atom stereocenters. The second kappa shape index (κ2) is 9.57. The van der Waals surface area contributed by atoms with E-state index in [4.69, 9.17) is 0 Å². The highest BCUT2D eigenvalue weighted by molar-refractivity contribution is 7.99. The Morgan fingerprint density at radius 2 is 1.26 bits per heavy atom. The van der Waals surface area contributed by atoms with Crippen LogP contribution in [-0.4, -0.2) is 11.9 Å². The van der Waals surface area contributed by atoms with E-state index in [0.29, 0.717) is 0 Å². The van der Waals surface area contributed by atoms with Crippen LogP contribution in [0, 0.1) is 0 Å². The van der Waals surface area contributed by atoms with Crippen LogP contribution < -0.4 is 15.9 Å². The van der Waals surface area contributed by atoms with Crippen LogP contribution in [0.5, 0.6) is 0 Å². The maximum Gasteiger partial charge on any atom is 0.115 e. The molecule has 1 aliphatic rings. The van der Waals surface area contributed by atoms with Crippen molar-refractivity contribution in [1.82, 2.24) is 0 Å². The van der Waals surface area contributed by atoms with Crippen molar-refractivity contribution in [2.45, 2.75) is 31.1 Å². The monoisotopic (exact) mass is 479 g/mol. The standard InChI is InChI=1S/C32H32PS/c1-25(26-19-20-31-30(23-26)32(2,3)24-34-31)21-22-33(27-13-7-4-8-14-27,28-15-9-5-10-16-28)29-17-11-6-12-18-29/h4-21,23H,22,24H2,1-3H3/q+1/b25-21+. The van der Waals surface area contributed by atoms with Gasteiger partial charge in [0.25, 0.3) is 0 Å². The van der Waals surface area contributed by atoms with E-state index in [2.05, 4.69) is 136 Å². The summed E-state index contributed by atoms with van der Waals surface area (Å²) >= 11 is 1.99. The summed E-state index contributed by atoms with van der Waals surface area (Å²) in [6.07, 6.45) is 3.50. The van der Waals surface area contributed by atoms with Crippen LogP contribution in [0.3, 0.4) is 0 Å². The van der Waals surface area contributed by atoms with Gasteiger partial charge in [-0.2, -0.15) is 0 Å². The molecule has 0 radical (unpaired) electrons. The predicted molar refractivity (Wildman–Crippen MR) is 154 cm³/mol. The molecule has 0 spiro atoms. The molecule has 0 nitrogen and oxygen atoms in total. The maximum absolute atomic E-state index is 2.50. The number of benzene rings is 4. The van der Waals surface area contributed by atoms with E-state index in [9.17, 15) is 0 Å². The van der Waals surface area contributed by atoms with E-state index in [1.165, 1.54) is 43.3 Å². The van der Waals surface area contributed by atoms with Gasteiger partial charge in [-0.1, -0.05) is 74.5 Å². The van der Waals surface area contributed by atoms with Gasteiger partial charge in [-0.15, -0.1) is 11.8 Å². The molecule has 34 heavy (non-hydrogen) atoms. The van der Waals surface area contributed by atoms with Crippen molar-refractivity contribution < 1.29 is 0 Å². The van der Waals surface area contributed by atoms with Gasteiger partial charge in [0.15, 0.2) is 0 Å². The first-order chi connectivity index (χ1) is 16.5. The number of fused-ring (bicyclic) bond motifs is 1. The van der Waals surface area contributed by atoms with Gasteiger partial charge in [0.05, 0.1) is 6.16 Å². The molecule has 1 aliphatic heterocycles. The molecule has 0 bridgehead atoms. The Morgan fingerprint density at radius 1 is 0.765 bits per heavy atom. The lowest BCUT2D eigenvalue weighted by Gasteiger charge is -2.27. The summed E-state index contributed by atoms with van der Waals surface area (Å²) in [4.78, 5) is 1.45. The molecule has 4 aromatic rings. The van der Waals surface area contributed by atoms with Gasteiger partial charge in [0.1, 0.15) is 23.2 Å². The molecular formula is C32H32PS+. The van der Waals surface area contributed by atoms with Crippen molar-refractivity contribution >= 4 is 40.5 Å². The molecule has 0 atom stereocenters. The van der Waals surface area contributed by atoms with Gasteiger partial charge in [-0.25, -0.2) is 0 Å². The predicted octanol–water partition coefficient (Wildman–Crippen LogP) is 7.47. The highest BCUT2D eigenvalue weighted by atomic mass is 32.2. The molecule has 0 amide bonds.